The van der Waals surface area contributed by atoms with Gasteiger partial charge in [0.05, 0.1) is 18.2 Å². The molecule has 0 unspecified atom stereocenters. The van der Waals surface area contributed by atoms with E-state index in [-0.39, 0.29) is 11.1 Å². The minimum Gasteiger partial charge on any atom is -0.459 e. The number of hydrogen-bond acceptors (Lipinski definition) is 6. The van der Waals surface area contributed by atoms with Gasteiger partial charge in [-0.05, 0) is 24.3 Å². The Morgan fingerprint density at radius 2 is 1.71 bits per heavy atom. The standard InChI is InChI=1S/C23H18F3N3O5/c24-16-12-29(22(32)28-19(16)27-20(30)14-7-3-1-4-8-14)18-11-23(25,26)17(34-18)13-33-21(31)15-9-5-2-6-10-15/h1-10,12,17-18H,11,13H2,(H,27,28,30,32)/t17-,18+/m0/s1. The number of aromatic nitrogens is 2. The van der Waals surface area contributed by atoms with E-state index < -0.39 is 60.5 Å². The monoisotopic (exact) mass is 473 g/mol. The third-order valence-electron chi connectivity index (χ3n) is 5.10. The van der Waals surface area contributed by atoms with Gasteiger partial charge in [-0.1, -0.05) is 36.4 Å². The zero-order chi connectivity index (χ0) is 24.3. The van der Waals surface area contributed by atoms with Crippen LogP contribution in [-0.2, 0) is 9.47 Å². The van der Waals surface area contributed by atoms with E-state index in [4.69, 9.17) is 9.47 Å². The van der Waals surface area contributed by atoms with E-state index in [0.29, 0.717) is 10.8 Å². The molecule has 1 aliphatic rings. The Hall–Kier alpha value is -3.99. The van der Waals surface area contributed by atoms with Crippen LogP contribution in [-0.4, -0.2) is 40.1 Å². The number of halogens is 3. The van der Waals surface area contributed by atoms with Crippen LogP contribution in [0.15, 0.2) is 71.7 Å². The summed E-state index contributed by atoms with van der Waals surface area (Å²) < 4.78 is 54.2. The third kappa shape index (κ3) is 4.99. The molecule has 1 aliphatic heterocycles. The van der Waals surface area contributed by atoms with Crippen molar-refractivity contribution in [3.8, 4) is 0 Å². The Labute approximate surface area is 191 Å². The highest BCUT2D eigenvalue weighted by molar-refractivity contribution is 6.03. The van der Waals surface area contributed by atoms with Crippen molar-refractivity contribution >= 4 is 17.7 Å². The lowest BCUT2D eigenvalue weighted by Gasteiger charge is -2.17. The number of ether oxygens (including phenoxy) is 2. The maximum absolute atomic E-state index is 14.5. The molecule has 0 saturated carbocycles. The van der Waals surface area contributed by atoms with Crippen LogP contribution >= 0.6 is 0 Å². The summed E-state index contributed by atoms with van der Waals surface area (Å²) in [6.45, 7) is -0.771. The van der Waals surface area contributed by atoms with Gasteiger partial charge in [0.15, 0.2) is 17.7 Å². The van der Waals surface area contributed by atoms with E-state index in [1.165, 1.54) is 24.3 Å². The molecule has 0 radical (unpaired) electrons. The smallest absolute Gasteiger partial charge is 0.351 e. The molecule has 34 heavy (non-hydrogen) atoms. The molecule has 1 saturated heterocycles. The third-order valence-corrected chi connectivity index (χ3v) is 5.10. The number of amides is 1. The molecular formula is C23H18F3N3O5. The lowest BCUT2D eigenvalue weighted by atomic mass is 10.1. The van der Waals surface area contributed by atoms with Crippen molar-refractivity contribution < 1.29 is 32.2 Å². The normalized spacial score (nSPS) is 18.9. The summed E-state index contributed by atoms with van der Waals surface area (Å²) in [5, 5.41) is 2.17. The van der Waals surface area contributed by atoms with Crippen LogP contribution in [0.5, 0.6) is 0 Å². The van der Waals surface area contributed by atoms with E-state index in [0.717, 1.165) is 0 Å². The van der Waals surface area contributed by atoms with E-state index >= 15 is 0 Å². The fourth-order valence-electron chi connectivity index (χ4n) is 3.34. The Kier molecular flexibility index (Phi) is 6.46. The summed E-state index contributed by atoms with van der Waals surface area (Å²) in [5.74, 6) is -6.74. The Balaban J connectivity index is 1.45. The maximum atomic E-state index is 14.5. The fraction of sp³-hybridized carbons (Fsp3) is 0.217. The second-order valence-electron chi connectivity index (χ2n) is 7.46. The van der Waals surface area contributed by atoms with Crippen molar-refractivity contribution in [2.24, 2.45) is 0 Å². The van der Waals surface area contributed by atoms with Gasteiger partial charge in [0.25, 0.3) is 11.8 Å². The van der Waals surface area contributed by atoms with Crippen LogP contribution in [0.4, 0.5) is 19.0 Å². The van der Waals surface area contributed by atoms with E-state index in [9.17, 15) is 27.6 Å². The number of benzene rings is 2. The second kappa shape index (κ2) is 9.48. The molecular weight excluding hydrogens is 455 g/mol. The molecule has 0 spiro atoms. The number of esters is 1. The molecule has 1 aromatic heterocycles. The molecule has 8 nitrogen and oxygen atoms in total. The van der Waals surface area contributed by atoms with Crippen LogP contribution in [0.1, 0.15) is 33.4 Å². The van der Waals surface area contributed by atoms with Gasteiger partial charge in [-0.2, -0.15) is 4.98 Å². The molecule has 2 aromatic carbocycles. The van der Waals surface area contributed by atoms with E-state index in [1.807, 2.05) is 0 Å². The predicted molar refractivity (Wildman–Crippen MR) is 113 cm³/mol. The lowest BCUT2D eigenvalue weighted by Crippen LogP contribution is -2.33. The summed E-state index contributed by atoms with van der Waals surface area (Å²) in [6.07, 6.45) is -3.73. The molecule has 4 rings (SSSR count). The first-order chi connectivity index (χ1) is 16.2. The highest BCUT2D eigenvalue weighted by Gasteiger charge is 2.52. The highest BCUT2D eigenvalue weighted by Crippen LogP contribution is 2.40. The molecule has 1 fully saturated rings. The number of anilines is 1. The van der Waals surface area contributed by atoms with Crippen molar-refractivity contribution in [1.82, 2.24) is 9.55 Å². The zero-order valence-electron chi connectivity index (χ0n) is 17.5. The quantitative estimate of drug-likeness (QED) is 0.551. The second-order valence-corrected chi connectivity index (χ2v) is 7.46. The van der Waals surface area contributed by atoms with E-state index in [1.54, 1.807) is 36.4 Å². The Morgan fingerprint density at radius 1 is 1.09 bits per heavy atom. The number of alkyl halides is 2. The number of rotatable bonds is 6. The lowest BCUT2D eigenvalue weighted by molar-refractivity contribution is -0.105. The van der Waals surface area contributed by atoms with Crippen molar-refractivity contribution in [1.29, 1.82) is 0 Å². The fourth-order valence-corrected chi connectivity index (χ4v) is 3.34. The van der Waals surface area contributed by atoms with Crippen LogP contribution in [0.2, 0.25) is 0 Å². The zero-order valence-corrected chi connectivity index (χ0v) is 17.5. The molecule has 2 atom stereocenters. The number of carbonyl (C=O) groups is 2. The number of nitrogens with zero attached hydrogens (tertiary/aromatic N) is 2. The number of nitrogens with one attached hydrogen (secondary N) is 1. The first-order valence-electron chi connectivity index (χ1n) is 10.1. The van der Waals surface area contributed by atoms with Gasteiger partial charge < -0.3 is 14.8 Å². The van der Waals surface area contributed by atoms with Crippen LogP contribution in [0.3, 0.4) is 0 Å². The molecule has 1 amide bonds. The minimum absolute atomic E-state index is 0.177. The SMILES string of the molecule is O=C(Nc1nc(=O)n([C@H]2CC(F)(F)[C@H](COC(=O)c3ccccc3)O2)cc1F)c1ccccc1. The summed E-state index contributed by atoms with van der Waals surface area (Å²) in [5.41, 5.74) is -0.719. The average molecular weight is 473 g/mol. The largest absolute Gasteiger partial charge is 0.459 e. The first kappa shape index (κ1) is 23.2. The van der Waals surface area contributed by atoms with Crippen LogP contribution in [0, 0.1) is 5.82 Å². The number of carbonyl (C=O) groups excluding carboxylic acids is 2. The summed E-state index contributed by atoms with van der Waals surface area (Å²) in [7, 11) is 0. The van der Waals surface area contributed by atoms with Crippen LogP contribution in [0.25, 0.3) is 0 Å². The van der Waals surface area contributed by atoms with Gasteiger partial charge in [-0.15, -0.1) is 0 Å². The average Bonchev–Trinajstić information content (AvgIpc) is 3.14. The van der Waals surface area contributed by atoms with E-state index in [2.05, 4.69) is 10.3 Å². The van der Waals surface area contributed by atoms with Crippen molar-refractivity contribution in [3.63, 3.8) is 0 Å². The molecule has 0 bridgehead atoms. The molecule has 2 heterocycles. The Morgan fingerprint density at radius 3 is 2.35 bits per heavy atom. The summed E-state index contributed by atoms with van der Waals surface area (Å²) in [4.78, 5) is 40.1. The van der Waals surface area contributed by atoms with Gasteiger partial charge in [-0.25, -0.2) is 22.8 Å². The van der Waals surface area contributed by atoms with Gasteiger partial charge in [-0.3, -0.25) is 9.36 Å². The summed E-state index contributed by atoms with van der Waals surface area (Å²) in [6, 6.07) is 15.6. The van der Waals surface area contributed by atoms with Crippen molar-refractivity contribution in [2.75, 3.05) is 11.9 Å². The van der Waals surface area contributed by atoms with Crippen LogP contribution < -0.4 is 11.0 Å². The molecule has 1 N–H and O–H groups in total. The highest BCUT2D eigenvalue weighted by atomic mass is 19.3. The predicted octanol–water partition coefficient (Wildman–Crippen LogP) is 3.41. The maximum Gasteiger partial charge on any atom is 0.351 e. The number of hydrogen-bond donors (Lipinski definition) is 1. The van der Waals surface area contributed by atoms with Gasteiger partial charge in [0, 0.05) is 5.56 Å². The molecule has 0 aliphatic carbocycles. The summed E-state index contributed by atoms with van der Waals surface area (Å²) >= 11 is 0. The Bertz CT molecular complexity index is 1250. The van der Waals surface area contributed by atoms with Crippen molar-refractivity contribution in [2.45, 2.75) is 24.7 Å². The topological polar surface area (TPSA) is 99.5 Å². The molecule has 3 aromatic rings. The minimum atomic E-state index is -3.46. The first-order valence-corrected chi connectivity index (χ1v) is 10.1. The molecule has 176 valence electrons. The van der Waals surface area contributed by atoms with Gasteiger partial charge >= 0.3 is 11.7 Å². The van der Waals surface area contributed by atoms with Crippen molar-refractivity contribution in [3.05, 3.63) is 94.3 Å². The molecule has 11 heteroatoms. The van der Waals surface area contributed by atoms with Gasteiger partial charge in [0.1, 0.15) is 12.8 Å². The van der Waals surface area contributed by atoms with Gasteiger partial charge in [0.2, 0.25) is 0 Å².